The number of ether oxygens (including phenoxy) is 2. The molecule has 1 aromatic heterocycles. The number of hydrogen-bond acceptors (Lipinski definition) is 5. The Bertz CT molecular complexity index is 525. The molecule has 1 heterocycles. The molecule has 18 heavy (non-hydrogen) atoms. The van der Waals surface area contributed by atoms with E-state index in [2.05, 4.69) is 0 Å². The number of rotatable bonds is 4. The molecule has 0 unspecified atom stereocenters. The molecule has 0 saturated heterocycles. The summed E-state index contributed by atoms with van der Waals surface area (Å²) in [6.45, 7) is 0. The number of methoxy groups -OCH3 is 2. The van der Waals surface area contributed by atoms with Gasteiger partial charge in [-0.3, -0.25) is 0 Å². The van der Waals surface area contributed by atoms with Gasteiger partial charge in [0.1, 0.15) is 17.2 Å². The second-order valence-corrected chi connectivity index (χ2v) is 4.58. The number of hydrogen-bond donors (Lipinski definition) is 2. The van der Waals surface area contributed by atoms with Crippen molar-refractivity contribution in [2.75, 3.05) is 14.2 Å². The zero-order valence-corrected chi connectivity index (χ0v) is 11.0. The fourth-order valence-electron chi connectivity index (χ4n) is 1.81. The maximum absolute atomic E-state index is 10.1. The van der Waals surface area contributed by atoms with Gasteiger partial charge in [-0.1, -0.05) is 0 Å². The Morgan fingerprint density at radius 1 is 1.28 bits per heavy atom. The lowest BCUT2D eigenvalue weighted by molar-refractivity contribution is 0.377. The molecular weight excluding hydrogens is 250 g/mol. The monoisotopic (exact) mass is 265 g/mol. The number of nitrogens with two attached hydrogens (primary N) is 1. The quantitative estimate of drug-likeness (QED) is 0.891. The summed E-state index contributed by atoms with van der Waals surface area (Å²) < 4.78 is 10.4. The first-order chi connectivity index (χ1) is 8.67. The summed E-state index contributed by atoms with van der Waals surface area (Å²) in [5, 5.41) is 14.0. The van der Waals surface area contributed by atoms with E-state index >= 15 is 0 Å². The summed E-state index contributed by atoms with van der Waals surface area (Å²) >= 11 is 1.56. The summed E-state index contributed by atoms with van der Waals surface area (Å²) in [5.74, 6) is 1.13. The van der Waals surface area contributed by atoms with Gasteiger partial charge in [0, 0.05) is 12.1 Å². The van der Waals surface area contributed by atoms with Gasteiger partial charge in [-0.25, -0.2) is 0 Å². The van der Waals surface area contributed by atoms with E-state index in [9.17, 15) is 5.11 Å². The fraction of sp³-hybridized carbons (Fsp3) is 0.231. The van der Waals surface area contributed by atoms with Gasteiger partial charge in [0.05, 0.1) is 25.8 Å². The van der Waals surface area contributed by atoms with E-state index in [0.717, 1.165) is 5.56 Å². The van der Waals surface area contributed by atoms with Gasteiger partial charge >= 0.3 is 0 Å². The minimum Gasteiger partial charge on any atom is -0.507 e. The highest BCUT2D eigenvalue weighted by Gasteiger charge is 2.20. The van der Waals surface area contributed by atoms with E-state index in [4.69, 9.17) is 15.2 Å². The summed E-state index contributed by atoms with van der Waals surface area (Å²) in [4.78, 5) is 0. The minimum absolute atomic E-state index is 0.0740. The van der Waals surface area contributed by atoms with Crippen LogP contribution in [0.4, 0.5) is 0 Å². The highest BCUT2D eigenvalue weighted by Crippen LogP contribution is 2.39. The van der Waals surface area contributed by atoms with Crippen LogP contribution < -0.4 is 15.2 Å². The molecule has 1 atom stereocenters. The van der Waals surface area contributed by atoms with Crippen LogP contribution in [-0.4, -0.2) is 19.3 Å². The molecule has 96 valence electrons. The van der Waals surface area contributed by atoms with E-state index in [1.807, 2.05) is 16.8 Å². The molecule has 2 aromatic rings. The molecule has 0 aliphatic carbocycles. The van der Waals surface area contributed by atoms with Crippen molar-refractivity contribution in [1.29, 1.82) is 0 Å². The van der Waals surface area contributed by atoms with Crippen molar-refractivity contribution in [1.82, 2.24) is 0 Å². The van der Waals surface area contributed by atoms with Gasteiger partial charge < -0.3 is 20.3 Å². The summed E-state index contributed by atoms with van der Waals surface area (Å²) in [5.41, 5.74) is 7.67. The van der Waals surface area contributed by atoms with Gasteiger partial charge in [0.15, 0.2) is 0 Å². The highest BCUT2D eigenvalue weighted by atomic mass is 32.1. The van der Waals surface area contributed by atoms with E-state index in [-0.39, 0.29) is 5.75 Å². The van der Waals surface area contributed by atoms with Gasteiger partial charge in [-0.05, 0) is 22.4 Å². The van der Waals surface area contributed by atoms with Crippen LogP contribution >= 0.6 is 11.3 Å². The fourth-order valence-corrected chi connectivity index (χ4v) is 2.50. The minimum atomic E-state index is -0.419. The maximum atomic E-state index is 10.1. The second kappa shape index (κ2) is 5.29. The van der Waals surface area contributed by atoms with Crippen molar-refractivity contribution in [3.8, 4) is 17.2 Å². The van der Waals surface area contributed by atoms with Crippen LogP contribution in [0.1, 0.15) is 17.2 Å². The standard InChI is InChI=1S/C13H15NO3S/c1-16-9-5-10(15)12(11(6-9)17-2)13(14)8-3-4-18-7-8/h3-7,13,15H,14H2,1-2H3/t13-/m1/s1. The molecule has 5 heteroatoms. The number of phenolic OH excluding ortho intramolecular Hbond substituents is 1. The molecule has 2 rings (SSSR count). The SMILES string of the molecule is COc1cc(O)c([C@H](N)c2ccsc2)c(OC)c1. The predicted molar refractivity (Wildman–Crippen MR) is 71.6 cm³/mol. The Balaban J connectivity index is 2.49. The molecule has 0 bridgehead atoms. The Morgan fingerprint density at radius 2 is 2.06 bits per heavy atom. The van der Waals surface area contributed by atoms with E-state index in [1.54, 1.807) is 17.4 Å². The molecular formula is C13H15NO3S. The molecule has 0 spiro atoms. The zero-order chi connectivity index (χ0) is 13.1. The number of benzene rings is 1. The largest absolute Gasteiger partial charge is 0.507 e. The predicted octanol–water partition coefficient (Wildman–Crippen LogP) is 2.52. The summed E-state index contributed by atoms with van der Waals surface area (Å²) in [7, 11) is 3.07. The van der Waals surface area contributed by atoms with Gasteiger partial charge in [-0.15, -0.1) is 0 Å². The Labute approximate surface area is 110 Å². The van der Waals surface area contributed by atoms with Crippen molar-refractivity contribution in [3.63, 3.8) is 0 Å². The second-order valence-electron chi connectivity index (χ2n) is 3.80. The molecule has 0 aliphatic heterocycles. The molecule has 0 radical (unpaired) electrons. The van der Waals surface area contributed by atoms with Gasteiger partial charge in [-0.2, -0.15) is 11.3 Å². The molecule has 3 N–H and O–H groups in total. The van der Waals surface area contributed by atoms with Crippen LogP contribution in [0.2, 0.25) is 0 Å². The van der Waals surface area contributed by atoms with Crippen LogP contribution in [0, 0.1) is 0 Å². The first kappa shape index (κ1) is 12.7. The highest BCUT2D eigenvalue weighted by molar-refractivity contribution is 7.08. The maximum Gasteiger partial charge on any atom is 0.131 e. The van der Waals surface area contributed by atoms with E-state index in [0.29, 0.717) is 17.1 Å². The lowest BCUT2D eigenvalue weighted by atomic mass is 10.00. The topological polar surface area (TPSA) is 64.7 Å². The van der Waals surface area contributed by atoms with Crippen LogP contribution in [-0.2, 0) is 0 Å². The zero-order valence-electron chi connectivity index (χ0n) is 10.2. The third kappa shape index (κ3) is 2.27. The van der Waals surface area contributed by atoms with Crippen molar-refractivity contribution < 1.29 is 14.6 Å². The van der Waals surface area contributed by atoms with Crippen LogP contribution in [0.25, 0.3) is 0 Å². The molecule has 0 fully saturated rings. The van der Waals surface area contributed by atoms with Gasteiger partial charge in [0.2, 0.25) is 0 Å². The number of phenols is 1. The summed E-state index contributed by atoms with van der Waals surface area (Å²) in [6, 6.07) is 4.75. The number of thiophene rings is 1. The van der Waals surface area contributed by atoms with Crippen LogP contribution in [0.5, 0.6) is 17.2 Å². The number of aromatic hydroxyl groups is 1. The van der Waals surface area contributed by atoms with Crippen LogP contribution in [0.3, 0.4) is 0 Å². The Kier molecular flexibility index (Phi) is 3.74. The van der Waals surface area contributed by atoms with Crippen molar-refractivity contribution in [2.24, 2.45) is 5.73 Å². The lowest BCUT2D eigenvalue weighted by Gasteiger charge is -2.17. The van der Waals surface area contributed by atoms with E-state index < -0.39 is 6.04 Å². The Hall–Kier alpha value is -1.72. The van der Waals surface area contributed by atoms with Crippen molar-refractivity contribution in [2.45, 2.75) is 6.04 Å². The van der Waals surface area contributed by atoms with Crippen molar-refractivity contribution >= 4 is 11.3 Å². The smallest absolute Gasteiger partial charge is 0.131 e. The average Bonchev–Trinajstić information content (AvgIpc) is 2.90. The Morgan fingerprint density at radius 3 is 2.61 bits per heavy atom. The van der Waals surface area contributed by atoms with E-state index in [1.165, 1.54) is 20.3 Å². The summed E-state index contributed by atoms with van der Waals surface area (Å²) in [6.07, 6.45) is 0. The third-order valence-corrected chi connectivity index (χ3v) is 3.46. The molecule has 4 nitrogen and oxygen atoms in total. The first-order valence-corrected chi connectivity index (χ1v) is 6.34. The van der Waals surface area contributed by atoms with Crippen molar-refractivity contribution in [3.05, 3.63) is 40.1 Å². The first-order valence-electron chi connectivity index (χ1n) is 5.40. The average molecular weight is 265 g/mol. The molecule has 0 amide bonds. The van der Waals surface area contributed by atoms with Gasteiger partial charge in [0.25, 0.3) is 0 Å². The molecule has 0 aliphatic rings. The third-order valence-electron chi connectivity index (χ3n) is 2.76. The lowest BCUT2D eigenvalue weighted by Crippen LogP contribution is -2.12. The normalized spacial score (nSPS) is 12.2. The van der Waals surface area contributed by atoms with Crippen LogP contribution in [0.15, 0.2) is 29.0 Å². The molecule has 1 aromatic carbocycles. The molecule has 0 saturated carbocycles.